The molecule has 0 heterocycles. The third-order valence-corrected chi connectivity index (χ3v) is 4.30. The van der Waals surface area contributed by atoms with Crippen LogP contribution in [0, 0.1) is 10.1 Å². The summed E-state index contributed by atoms with van der Waals surface area (Å²) in [5, 5.41) is 10.8. The first-order chi connectivity index (χ1) is 9.92. The fourth-order valence-electron chi connectivity index (χ4n) is 1.53. The summed E-state index contributed by atoms with van der Waals surface area (Å²) in [6, 6.07) is 7.57. The Morgan fingerprint density at radius 3 is 2.14 bits per heavy atom. The number of nitrogens with zero attached hydrogens (tertiary/aromatic N) is 1. The molecule has 2 aromatic rings. The maximum Gasteiger partial charge on any atom is 0.271 e. The lowest BCUT2D eigenvalue weighted by molar-refractivity contribution is -0.385. The van der Waals surface area contributed by atoms with E-state index in [9.17, 15) is 14.9 Å². The monoisotopic (exact) mass is 477 g/mol. The van der Waals surface area contributed by atoms with Gasteiger partial charge in [-0.05, 0) is 66.0 Å². The van der Waals surface area contributed by atoms with Gasteiger partial charge >= 0.3 is 0 Å². The number of carbonyl (C=O) groups excluding carboxylic acids is 1. The summed E-state index contributed by atoms with van der Waals surface area (Å²) in [7, 11) is 0. The molecular weight excluding hydrogens is 474 g/mol. The molecule has 0 bridgehead atoms. The molecule has 0 atom stereocenters. The zero-order valence-electron chi connectivity index (χ0n) is 10.2. The van der Waals surface area contributed by atoms with Crippen LogP contribution in [0.3, 0.4) is 0 Å². The molecule has 0 fully saturated rings. The Labute approximate surface area is 144 Å². The molecule has 108 valence electrons. The van der Waals surface area contributed by atoms with Crippen molar-refractivity contribution in [2.45, 2.75) is 0 Å². The highest BCUT2D eigenvalue weighted by Crippen LogP contribution is 2.41. The number of aldehydes is 1. The van der Waals surface area contributed by atoms with Gasteiger partial charge in [0.1, 0.15) is 12.0 Å². The van der Waals surface area contributed by atoms with Crippen molar-refractivity contribution in [3.05, 3.63) is 59.4 Å². The van der Waals surface area contributed by atoms with Gasteiger partial charge in [-0.3, -0.25) is 14.9 Å². The van der Waals surface area contributed by atoms with Crippen molar-refractivity contribution in [3.8, 4) is 11.5 Å². The van der Waals surface area contributed by atoms with Crippen molar-refractivity contribution in [1.82, 2.24) is 0 Å². The van der Waals surface area contributed by atoms with E-state index >= 15 is 0 Å². The van der Waals surface area contributed by atoms with E-state index in [-0.39, 0.29) is 5.69 Å². The third kappa shape index (κ3) is 3.69. The van der Waals surface area contributed by atoms with Crippen molar-refractivity contribution >= 4 is 59.8 Å². The average molecular weight is 480 g/mol. The number of carbonyl (C=O) groups is 1. The number of hydrogen-bond acceptors (Lipinski definition) is 4. The lowest BCUT2D eigenvalue weighted by Crippen LogP contribution is -1.93. The Balaban J connectivity index is 2.40. The van der Waals surface area contributed by atoms with Crippen LogP contribution in [0.2, 0.25) is 0 Å². The number of nitro groups is 1. The number of non-ortho nitro benzene ring substituents is 1. The first kappa shape index (κ1) is 16.1. The molecule has 0 aromatic heterocycles. The van der Waals surface area contributed by atoms with Gasteiger partial charge in [-0.15, -0.1) is 0 Å². The number of nitro benzene ring substituents is 1. The fourth-order valence-corrected chi connectivity index (χ4v) is 3.33. The van der Waals surface area contributed by atoms with E-state index in [0.29, 0.717) is 30.5 Å². The lowest BCUT2D eigenvalue weighted by Gasteiger charge is -2.11. The molecular formula is C13H6Br3NO4. The van der Waals surface area contributed by atoms with Gasteiger partial charge in [-0.25, -0.2) is 0 Å². The molecule has 0 unspecified atom stereocenters. The Kier molecular flexibility index (Phi) is 5.13. The molecule has 0 amide bonds. The van der Waals surface area contributed by atoms with Crippen LogP contribution in [0.1, 0.15) is 10.4 Å². The Morgan fingerprint density at radius 1 is 1.05 bits per heavy atom. The van der Waals surface area contributed by atoms with Crippen molar-refractivity contribution in [2.24, 2.45) is 0 Å². The molecule has 0 saturated carbocycles. The average Bonchev–Trinajstić information content (AvgIpc) is 2.43. The van der Waals surface area contributed by atoms with Crippen molar-refractivity contribution in [1.29, 1.82) is 0 Å². The predicted molar refractivity (Wildman–Crippen MR) is 88.1 cm³/mol. The van der Waals surface area contributed by atoms with Gasteiger partial charge in [-0.1, -0.05) is 0 Å². The van der Waals surface area contributed by atoms with E-state index in [1.54, 1.807) is 18.2 Å². The van der Waals surface area contributed by atoms with Crippen LogP contribution < -0.4 is 4.74 Å². The third-order valence-electron chi connectivity index (χ3n) is 2.50. The van der Waals surface area contributed by atoms with Crippen LogP contribution in [0.4, 0.5) is 5.69 Å². The van der Waals surface area contributed by atoms with E-state index in [4.69, 9.17) is 4.74 Å². The second-order valence-corrected chi connectivity index (χ2v) is 6.47. The van der Waals surface area contributed by atoms with Gasteiger partial charge in [0.2, 0.25) is 0 Å². The standard InChI is InChI=1S/C13H6Br3NO4/c14-9-3-7(6-18)1-2-12(9)21-13-10(15)4-8(17(19)20)5-11(13)16/h1-6H. The Hall–Kier alpha value is -1.25. The van der Waals surface area contributed by atoms with Crippen molar-refractivity contribution in [2.75, 3.05) is 0 Å². The van der Waals surface area contributed by atoms with E-state index in [1.807, 2.05) is 0 Å². The first-order valence-corrected chi connectivity index (χ1v) is 7.86. The van der Waals surface area contributed by atoms with Gasteiger partial charge in [0, 0.05) is 17.7 Å². The zero-order chi connectivity index (χ0) is 15.6. The van der Waals surface area contributed by atoms with Gasteiger partial charge in [-0.2, -0.15) is 0 Å². The summed E-state index contributed by atoms with van der Waals surface area (Å²) in [5.74, 6) is 0.885. The maximum atomic E-state index is 10.8. The molecule has 0 spiro atoms. The molecule has 8 heteroatoms. The number of halogens is 3. The zero-order valence-corrected chi connectivity index (χ0v) is 14.9. The largest absolute Gasteiger partial charge is 0.454 e. The quantitative estimate of drug-likeness (QED) is 0.330. The first-order valence-electron chi connectivity index (χ1n) is 5.48. The highest BCUT2D eigenvalue weighted by Gasteiger charge is 2.16. The minimum atomic E-state index is -0.492. The van der Waals surface area contributed by atoms with E-state index in [2.05, 4.69) is 47.8 Å². The number of hydrogen-bond donors (Lipinski definition) is 0. The molecule has 0 N–H and O–H groups in total. The molecule has 0 aliphatic rings. The number of benzene rings is 2. The molecule has 0 aliphatic heterocycles. The molecule has 5 nitrogen and oxygen atoms in total. The van der Waals surface area contributed by atoms with E-state index < -0.39 is 4.92 Å². The molecule has 0 radical (unpaired) electrons. The van der Waals surface area contributed by atoms with Crippen LogP contribution in [0.5, 0.6) is 11.5 Å². The molecule has 2 rings (SSSR count). The minimum Gasteiger partial charge on any atom is -0.454 e. The van der Waals surface area contributed by atoms with Crippen LogP contribution >= 0.6 is 47.8 Å². The van der Waals surface area contributed by atoms with Crippen molar-refractivity contribution in [3.63, 3.8) is 0 Å². The molecule has 2 aromatic carbocycles. The van der Waals surface area contributed by atoms with Crippen LogP contribution in [-0.4, -0.2) is 11.2 Å². The number of rotatable bonds is 4. The molecule has 0 saturated heterocycles. The Morgan fingerprint density at radius 2 is 1.67 bits per heavy atom. The summed E-state index contributed by atoms with van der Waals surface area (Å²) >= 11 is 9.80. The highest BCUT2D eigenvalue weighted by molar-refractivity contribution is 9.11. The SMILES string of the molecule is O=Cc1ccc(Oc2c(Br)cc([N+](=O)[O-])cc2Br)c(Br)c1. The van der Waals surface area contributed by atoms with Crippen LogP contribution in [0.15, 0.2) is 43.7 Å². The smallest absolute Gasteiger partial charge is 0.271 e. The van der Waals surface area contributed by atoms with Crippen molar-refractivity contribution < 1.29 is 14.5 Å². The predicted octanol–water partition coefficient (Wildman–Crippen LogP) is 5.49. The number of ether oxygens (including phenoxy) is 1. The summed E-state index contributed by atoms with van der Waals surface area (Å²) in [4.78, 5) is 21.0. The van der Waals surface area contributed by atoms with E-state index in [1.165, 1.54) is 12.1 Å². The maximum absolute atomic E-state index is 10.8. The van der Waals surface area contributed by atoms with Crippen LogP contribution in [-0.2, 0) is 0 Å². The minimum absolute atomic E-state index is 0.0588. The topological polar surface area (TPSA) is 69.4 Å². The van der Waals surface area contributed by atoms with Gasteiger partial charge in [0.05, 0.1) is 18.3 Å². The summed E-state index contributed by atoms with van der Waals surface area (Å²) < 4.78 is 7.21. The van der Waals surface area contributed by atoms with Crippen LogP contribution in [0.25, 0.3) is 0 Å². The normalized spacial score (nSPS) is 10.2. The van der Waals surface area contributed by atoms with Gasteiger partial charge in [0.15, 0.2) is 5.75 Å². The van der Waals surface area contributed by atoms with Gasteiger partial charge < -0.3 is 4.74 Å². The van der Waals surface area contributed by atoms with Gasteiger partial charge in [0.25, 0.3) is 5.69 Å². The highest BCUT2D eigenvalue weighted by atomic mass is 79.9. The fraction of sp³-hybridized carbons (Fsp3) is 0. The summed E-state index contributed by atoms with van der Waals surface area (Å²) in [5.41, 5.74) is 0.451. The summed E-state index contributed by atoms with van der Waals surface area (Å²) in [6.07, 6.45) is 0.728. The summed E-state index contributed by atoms with van der Waals surface area (Å²) in [6.45, 7) is 0. The lowest BCUT2D eigenvalue weighted by atomic mass is 10.2. The second-order valence-electron chi connectivity index (χ2n) is 3.91. The molecule has 21 heavy (non-hydrogen) atoms. The van der Waals surface area contributed by atoms with E-state index in [0.717, 1.165) is 6.29 Å². The second kappa shape index (κ2) is 6.67. The molecule has 0 aliphatic carbocycles. The Bertz CT molecular complexity index is 710.